The molecule has 0 radical (unpaired) electrons. The fourth-order valence-electron chi connectivity index (χ4n) is 2.17. The average Bonchev–Trinajstić information content (AvgIpc) is 3.15. The van der Waals surface area contributed by atoms with Crippen molar-refractivity contribution in [1.29, 1.82) is 0 Å². The number of carbonyl (C=O) groups excluding carboxylic acids is 1. The standard InChI is InChI=1S/C16H15FN4OS3/c1-3-23-16-21-20-15(25-16)19-13(22)8-12-14(18-9(2)24-12)10-4-6-11(17)7-5-10/h4-7H,3,8H2,1-2H3,(H,19,20,22). The molecule has 0 spiro atoms. The first kappa shape index (κ1) is 18.0. The molecule has 2 heterocycles. The summed E-state index contributed by atoms with van der Waals surface area (Å²) in [4.78, 5) is 17.7. The van der Waals surface area contributed by atoms with Crippen molar-refractivity contribution in [1.82, 2.24) is 15.2 Å². The molecule has 0 aliphatic rings. The van der Waals surface area contributed by atoms with Gasteiger partial charge in [0.2, 0.25) is 11.0 Å². The van der Waals surface area contributed by atoms with Crippen LogP contribution in [0.15, 0.2) is 28.6 Å². The van der Waals surface area contributed by atoms with Crippen LogP contribution in [0.4, 0.5) is 9.52 Å². The van der Waals surface area contributed by atoms with E-state index in [0.717, 1.165) is 31.2 Å². The van der Waals surface area contributed by atoms with Crippen LogP contribution >= 0.6 is 34.4 Å². The topological polar surface area (TPSA) is 67.8 Å². The van der Waals surface area contributed by atoms with Gasteiger partial charge in [0.15, 0.2) is 4.34 Å². The molecule has 0 fully saturated rings. The van der Waals surface area contributed by atoms with E-state index in [0.29, 0.717) is 5.13 Å². The maximum absolute atomic E-state index is 13.1. The van der Waals surface area contributed by atoms with E-state index >= 15 is 0 Å². The van der Waals surface area contributed by atoms with Crippen molar-refractivity contribution in [2.24, 2.45) is 0 Å². The molecule has 3 rings (SSSR count). The molecule has 5 nitrogen and oxygen atoms in total. The number of aromatic nitrogens is 3. The van der Waals surface area contributed by atoms with E-state index in [1.165, 1.54) is 34.8 Å². The van der Waals surface area contributed by atoms with Gasteiger partial charge in [-0.15, -0.1) is 21.5 Å². The van der Waals surface area contributed by atoms with Gasteiger partial charge in [-0.1, -0.05) is 30.0 Å². The summed E-state index contributed by atoms with van der Waals surface area (Å²) in [6, 6.07) is 6.12. The number of halogens is 1. The van der Waals surface area contributed by atoms with E-state index in [1.807, 2.05) is 13.8 Å². The molecule has 2 aromatic heterocycles. The molecule has 130 valence electrons. The van der Waals surface area contributed by atoms with E-state index in [1.54, 1.807) is 23.9 Å². The summed E-state index contributed by atoms with van der Waals surface area (Å²) in [5.74, 6) is 0.437. The van der Waals surface area contributed by atoms with Gasteiger partial charge in [0, 0.05) is 10.4 Å². The smallest absolute Gasteiger partial charge is 0.231 e. The second-order valence-corrected chi connectivity index (χ2v) is 8.82. The number of benzene rings is 1. The number of thiazole rings is 1. The Balaban J connectivity index is 1.73. The van der Waals surface area contributed by atoms with Gasteiger partial charge in [0.05, 0.1) is 17.1 Å². The SMILES string of the molecule is CCSc1nnc(NC(=O)Cc2sc(C)nc2-c2ccc(F)cc2)s1. The number of thioether (sulfide) groups is 1. The zero-order chi connectivity index (χ0) is 17.8. The molecule has 1 amide bonds. The highest BCUT2D eigenvalue weighted by atomic mass is 32.2. The van der Waals surface area contributed by atoms with Crippen molar-refractivity contribution in [2.75, 3.05) is 11.1 Å². The van der Waals surface area contributed by atoms with Crippen LogP contribution in [-0.2, 0) is 11.2 Å². The molecular weight excluding hydrogens is 379 g/mol. The van der Waals surface area contributed by atoms with E-state index in [2.05, 4.69) is 20.5 Å². The Bertz CT molecular complexity index is 876. The number of anilines is 1. The zero-order valence-electron chi connectivity index (χ0n) is 13.6. The third-order valence-corrected chi connectivity index (χ3v) is 5.99. The molecule has 0 aliphatic heterocycles. The summed E-state index contributed by atoms with van der Waals surface area (Å²) >= 11 is 4.41. The number of hydrogen-bond acceptors (Lipinski definition) is 7. The van der Waals surface area contributed by atoms with Crippen LogP contribution in [0.3, 0.4) is 0 Å². The van der Waals surface area contributed by atoms with Crippen molar-refractivity contribution in [3.63, 3.8) is 0 Å². The summed E-state index contributed by atoms with van der Waals surface area (Å²) in [5, 5.41) is 12.1. The van der Waals surface area contributed by atoms with Crippen LogP contribution in [0, 0.1) is 12.7 Å². The van der Waals surface area contributed by atoms with E-state index < -0.39 is 0 Å². The largest absolute Gasteiger partial charge is 0.300 e. The van der Waals surface area contributed by atoms with Gasteiger partial charge in [0.25, 0.3) is 0 Å². The first-order valence-corrected chi connectivity index (χ1v) is 10.2. The van der Waals surface area contributed by atoms with Crippen LogP contribution in [0.5, 0.6) is 0 Å². The van der Waals surface area contributed by atoms with Crippen LogP contribution in [-0.4, -0.2) is 26.8 Å². The first-order valence-electron chi connectivity index (χ1n) is 7.53. The number of nitrogens with zero attached hydrogens (tertiary/aromatic N) is 3. The molecule has 0 saturated heterocycles. The number of nitrogens with one attached hydrogen (secondary N) is 1. The normalized spacial score (nSPS) is 10.8. The highest BCUT2D eigenvalue weighted by Crippen LogP contribution is 2.29. The van der Waals surface area contributed by atoms with Gasteiger partial charge in [-0.2, -0.15) is 0 Å². The molecule has 1 N–H and O–H groups in total. The number of hydrogen-bond donors (Lipinski definition) is 1. The van der Waals surface area contributed by atoms with Gasteiger partial charge in [-0.3, -0.25) is 4.79 Å². The second kappa shape index (κ2) is 8.03. The highest BCUT2D eigenvalue weighted by Gasteiger charge is 2.16. The lowest BCUT2D eigenvalue weighted by Gasteiger charge is -2.03. The minimum Gasteiger partial charge on any atom is -0.300 e. The zero-order valence-corrected chi connectivity index (χ0v) is 16.0. The minimum absolute atomic E-state index is 0.170. The quantitative estimate of drug-likeness (QED) is 0.496. The Morgan fingerprint density at radius 2 is 2.00 bits per heavy atom. The summed E-state index contributed by atoms with van der Waals surface area (Å²) in [5.41, 5.74) is 1.52. The lowest BCUT2D eigenvalue weighted by atomic mass is 10.1. The van der Waals surface area contributed by atoms with Crippen LogP contribution in [0.1, 0.15) is 16.8 Å². The Labute approximate surface area is 156 Å². The van der Waals surface area contributed by atoms with Crippen molar-refractivity contribution >= 4 is 45.5 Å². The first-order chi connectivity index (χ1) is 12.0. The molecule has 1 aromatic carbocycles. The fourth-order valence-corrected chi connectivity index (χ4v) is 4.80. The molecule has 25 heavy (non-hydrogen) atoms. The van der Waals surface area contributed by atoms with Crippen LogP contribution in [0.2, 0.25) is 0 Å². The van der Waals surface area contributed by atoms with E-state index in [9.17, 15) is 9.18 Å². The number of amides is 1. The molecule has 0 aliphatic carbocycles. The van der Waals surface area contributed by atoms with Gasteiger partial charge in [-0.25, -0.2) is 9.37 Å². The fraction of sp³-hybridized carbons (Fsp3) is 0.250. The van der Waals surface area contributed by atoms with Crippen LogP contribution in [0.25, 0.3) is 11.3 Å². The summed E-state index contributed by atoms with van der Waals surface area (Å²) in [6.45, 7) is 3.92. The maximum atomic E-state index is 13.1. The molecule has 3 aromatic rings. The minimum atomic E-state index is -0.299. The Kier molecular flexibility index (Phi) is 5.77. The third kappa shape index (κ3) is 4.62. The number of rotatable bonds is 6. The highest BCUT2D eigenvalue weighted by molar-refractivity contribution is 8.01. The van der Waals surface area contributed by atoms with Gasteiger partial charge in [-0.05, 0) is 36.9 Å². The molecule has 0 atom stereocenters. The summed E-state index contributed by atoms with van der Waals surface area (Å²) < 4.78 is 14.0. The predicted octanol–water partition coefficient (Wildman–Crippen LogP) is 4.40. The van der Waals surface area contributed by atoms with Gasteiger partial charge < -0.3 is 5.32 Å². The van der Waals surface area contributed by atoms with Crippen molar-refractivity contribution < 1.29 is 9.18 Å². The molecule has 0 saturated carbocycles. The molecule has 0 bridgehead atoms. The number of carbonyl (C=O) groups is 1. The molecular formula is C16H15FN4OS3. The van der Waals surface area contributed by atoms with Crippen molar-refractivity contribution in [3.8, 4) is 11.3 Å². The lowest BCUT2D eigenvalue weighted by Crippen LogP contribution is -2.14. The van der Waals surface area contributed by atoms with E-state index in [4.69, 9.17) is 0 Å². The molecule has 9 heteroatoms. The summed E-state index contributed by atoms with van der Waals surface area (Å²) in [7, 11) is 0. The average molecular weight is 395 g/mol. The maximum Gasteiger partial charge on any atom is 0.231 e. The third-order valence-electron chi connectivity index (χ3n) is 3.16. The van der Waals surface area contributed by atoms with Crippen LogP contribution < -0.4 is 5.32 Å². The molecule has 0 unspecified atom stereocenters. The Morgan fingerprint density at radius 3 is 2.72 bits per heavy atom. The van der Waals surface area contributed by atoms with Gasteiger partial charge in [0.1, 0.15) is 5.82 Å². The van der Waals surface area contributed by atoms with E-state index in [-0.39, 0.29) is 18.1 Å². The van der Waals surface area contributed by atoms with Crippen molar-refractivity contribution in [3.05, 3.63) is 40.0 Å². The van der Waals surface area contributed by atoms with Gasteiger partial charge >= 0.3 is 0 Å². The van der Waals surface area contributed by atoms with Crippen molar-refractivity contribution in [2.45, 2.75) is 24.6 Å². The predicted molar refractivity (Wildman–Crippen MR) is 101 cm³/mol. The Morgan fingerprint density at radius 1 is 1.24 bits per heavy atom. The Hall–Kier alpha value is -1.84. The monoisotopic (exact) mass is 394 g/mol. The summed E-state index contributed by atoms with van der Waals surface area (Å²) in [6.07, 6.45) is 0.189. The second-order valence-electron chi connectivity index (χ2n) is 5.04. The lowest BCUT2D eigenvalue weighted by molar-refractivity contribution is -0.115. The number of aryl methyl sites for hydroxylation is 1.